The maximum absolute atomic E-state index is 12.0. The summed E-state index contributed by atoms with van der Waals surface area (Å²) in [5.41, 5.74) is 2.64. The molecule has 0 saturated heterocycles. The fraction of sp³-hybridized carbons (Fsp3) is 0.111. The molecule has 2 aromatic rings. The first kappa shape index (κ1) is 16.6. The molecule has 122 valence electrons. The van der Waals surface area contributed by atoms with Gasteiger partial charge in [0, 0.05) is 19.8 Å². The number of cyclic esters (lactones) is 1. The molecule has 0 atom stereocenters. The van der Waals surface area contributed by atoms with Crippen LogP contribution in [-0.2, 0) is 9.53 Å². The molecule has 0 fully saturated rings. The highest BCUT2D eigenvalue weighted by molar-refractivity contribution is 6.44. The Hall–Kier alpha value is -2.30. The van der Waals surface area contributed by atoms with Crippen LogP contribution in [0.3, 0.4) is 0 Å². The Morgan fingerprint density at radius 1 is 1.08 bits per heavy atom. The number of benzene rings is 2. The monoisotopic (exact) mass is 360 g/mol. The van der Waals surface area contributed by atoms with E-state index in [0.717, 1.165) is 11.3 Å². The van der Waals surface area contributed by atoms with Crippen LogP contribution >= 0.6 is 23.2 Å². The molecule has 0 N–H and O–H groups in total. The maximum atomic E-state index is 12.0. The molecule has 2 aromatic carbocycles. The molecular weight excluding hydrogens is 347 g/mol. The molecule has 0 spiro atoms. The summed E-state index contributed by atoms with van der Waals surface area (Å²) in [7, 11) is 3.93. The lowest BCUT2D eigenvalue weighted by Crippen LogP contribution is -2.08. The minimum atomic E-state index is -0.516. The van der Waals surface area contributed by atoms with Gasteiger partial charge in [0.15, 0.2) is 5.70 Å². The molecule has 6 heteroatoms. The Kier molecular flexibility index (Phi) is 4.60. The summed E-state index contributed by atoms with van der Waals surface area (Å²) in [6.07, 6.45) is 1.67. The fourth-order valence-corrected chi connectivity index (χ4v) is 2.60. The standard InChI is InChI=1S/C18H14Cl2N2O2/c1-22(2)12-8-6-11(7-9-12)10-15-18(23)24-17(21-15)13-4-3-5-14(19)16(13)20/h3-10H,1-2H3/b15-10+. The minimum absolute atomic E-state index is 0.156. The molecule has 0 aliphatic carbocycles. The SMILES string of the molecule is CN(C)c1ccc(/C=C2/N=C(c3cccc(Cl)c3Cl)OC2=O)cc1. The maximum Gasteiger partial charge on any atom is 0.363 e. The molecule has 0 unspecified atom stereocenters. The van der Waals surface area contributed by atoms with Crippen molar-refractivity contribution in [2.75, 3.05) is 19.0 Å². The van der Waals surface area contributed by atoms with E-state index in [1.165, 1.54) is 0 Å². The zero-order valence-electron chi connectivity index (χ0n) is 13.1. The lowest BCUT2D eigenvalue weighted by atomic mass is 10.1. The Morgan fingerprint density at radius 3 is 2.46 bits per heavy atom. The number of anilines is 1. The van der Waals surface area contributed by atoms with Crippen LogP contribution in [0.15, 0.2) is 53.2 Å². The van der Waals surface area contributed by atoms with Crippen LogP contribution < -0.4 is 4.90 Å². The first-order valence-corrected chi connectivity index (χ1v) is 7.95. The number of esters is 1. The van der Waals surface area contributed by atoms with E-state index in [-0.39, 0.29) is 11.6 Å². The fourth-order valence-electron chi connectivity index (χ4n) is 2.22. The summed E-state index contributed by atoms with van der Waals surface area (Å²) in [4.78, 5) is 18.3. The molecule has 0 bridgehead atoms. The number of halogens is 2. The Labute approximate surface area is 150 Å². The van der Waals surface area contributed by atoms with Gasteiger partial charge in [-0.05, 0) is 35.9 Å². The van der Waals surface area contributed by atoms with Crippen molar-refractivity contribution < 1.29 is 9.53 Å². The van der Waals surface area contributed by atoms with Crippen LogP contribution in [0.5, 0.6) is 0 Å². The normalized spacial score (nSPS) is 15.4. The van der Waals surface area contributed by atoms with E-state index >= 15 is 0 Å². The van der Waals surface area contributed by atoms with Crippen molar-refractivity contribution in [3.63, 3.8) is 0 Å². The van der Waals surface area contributed by atoms with Gasteiger partial charge in [0.2, 0.25) is 5.90 Å². The summed E-state index contributed by atoms with van der Waals surface area (Å²) in [6, 6.07) is 12.8. The summed E-state index contributed by atoms with van der Waals surface area (Å²) >= 11 is 12.1. The highest BCUT2D eigenvalue weighted by atomic mass is 35.5. The van der Waals surface area contributed by atoms with Gasteiger partial charge in [0.05, 0.1) is 15.6 Å². The average molecular weight is 361 g/mol. The number of rotatable bonds is 3. The van der Waals surface area contributed by atoms with Gasteiger partial charge in [0.1, 0.15) is 0 Å². The summed E-state index contributed by atoms with van der Waals surface area (Å²) in [5, 5.41) is 0.687. The zero-order valence-corrected chi connectivity index (χ0v) is 14.6. The lowest BCUT2D eigenvalue weighted by molar-refractivity contribution is -0.129. The van der Waals surface area contributed by atoms with Gasteiger partial charge < -0.3 is 9.64 Å². The molecule has 1 aliphatic heterocycles. The highest BCUT2D eigenvalue weighted by Crippen LogP contribution is 2.29. The van der Waals surface area contributed by atoms with Crippen molar-refractivity contribution in [3.05, 3.63) is 69.3 Å². The highest BCUT2D eigenvalue weighted by Gasteiger charge is 2.26. The van der Waals surface area contributed by atoms with Crippen LogP contribution in [0, 0.1) is 0 Å². The molecule has 24 heavy (non-hydrogen) atoms. The third kappa shape index (κ3) is 3.30. The van der Waals surface area contributed by atoms with Gasteiger partial charge in [-0.2, -0.15) is 0 Å². The quantitative estimate of drug-likeness (QED) is 0.601. The van der Waals surface area contributed by atoms with E-state index in [2.05, 4.69) is 4.99 Å². The van der Waals surface area contributed by atoms with Crippen LogP contribution in [0.2, 0.25) is 10.0 Å². The van der Waals surface area contributed by atoms with Gasteiger partial charge in [0.25, 0.3) is 0 Å². The van der Waals surface area contributed by atoms with Gasteiger partial charge in [-0.15, -0.1) is 0 Å². The van der Waals surface area contributed by atoms with Gasteiger partial charge >= 0.3 is 5.97 Å². The van der Waals surface area contributed by atoms with Crippen molar-refractivity contribution in [3.8, 4) is 0 Å². The molecule has 0 saturated carbocycles. The second kappa shape index (κ2) is 6.67. The number of carbonyl (C=O) groups is 1. The predicted octanol–water partition coefficient (Wildman–Crippen LogP) is 4.40. The number of hydrogen-bond acceptors (Lipinski definition) is 4. The molecule has 0 radical (unpaired) electrons. The Morgan fingerprint density at radius 2 is 1.79 bits per heavy atom. The van der Waals surface area contributed by atoms with Crippen molar-refractivity contribution in [1.82, 2.24) is 0 Å². The number of aliphatic imine (C=N–C) groups is 1. The third-order valence-electron chi connectivity index (χ3n) is 3.52. The average Bonchev–Trinajstić information content (AvgIpc) is 2.91. The first-order chi connectivity index (χ1) is 11.5. The van der Waals surface area contributed by atoms with E-state index in [4.69, 9.17) is 27.9 Å². The molecule has 1 heterocycles. The number of nitrogens with zero attached hydrogens (tertiary/aromatic N) is 2. The van der Waals surface area contributed by atoms with Crippen LogP contribution in [0.4, 0.5) is 5.69 Å². The van der Waals surface area contributed by atoms with Crippen LogP contribution in [0.25, 0.3) is 6.08 Å². The summed E-state index contributed by atoms with van der Waals surface area (Å²) in [5.74, 6) is -0.360. The lowest BCUT2D eigenvalue weighted by Gasteiger charge is -2.11. The van der Waals surface area contributed by atoms with Gasteiger partial charge in [-0.25, -0.2) is 9.79 Å². The van der Waals surface area contributed by atoms with Gasteiger partial charge in [-0.3, -0.25) is 0 Å². The van der Waals surface area contributed by atoms with E-state index in [1.807, 2.05) is 43.3 Å². The summed E-state index contributed by atoms with van der Waals surface area (Å²) in [6.45, 7) is 0. The van der Waals surface area contributed by atoms with Crippen LogP contribution in [-0.4, -0.2) is 26.0 Å². The van der Waals surface area contributed by atoms with Crippen molar-refractivity contribution >= 4 is 46.8 Å². The van der Waals surface area contributed by atoms with Crippen molar-refractivity contribution in [2.24, 2.45) is 4.99 Å². The molecule has 4 nitrogen and oxygen atoms in total. The smallest absolute Gasteiger partial charge is 0.363 e. The largest absolute Gasteiger partial charge is 0.402 e. The second-order valence-electron chi connectivity index (χ2n) is 5.42. The number of ether oxygens (including phenoxy) is 1. The topological polar surface area (TPSA) is 41.9 Å². The molecule has 0 amide bonds. The van der Waals surface area contributed by atoms with E-state index in [1.54, 1.807) is 24.3 Å². The molecule has 1 aliphatic rings. The van der Waals surface area contributed by atoms with E-state index in [0.29, 0.717) is 15.6 Å². The van der Waals surface area contributed by atoms with E-state index < -0.39 is 5.97 Å². The van der Waals surface area contributed by atoms with Gasteiger partial charge in [-0.1, -0.05) is 41.4 Å². The van der Waals surface area contributed by atoms with E-state index in [9.17, 15) is 4.79 Å². The predicted molar refractivity (Wildman–Crippen MR) is 97.8 cm³/mol. The van der Waals surface area contributed by atoms with Crippen LogP contribution in [0.1, 0.15) is 11.1 Å². The molecule has 0 aromatic heterocycles. The Balaban J connectivity index is 1.92. The summed E-state index contributed by atoms with van der Waals surface area (Å²) < 4.78 is 5.22. The molecular formula is C18H14Cl2N2O2. The third-order valence-corrected chi connectivity index (χ3v) is 4.33. The van der Waals surface area contributed by atoms with Crippen molar-refractivity contribution in [1.29, 1.82) is 0 Å². The van der Waals surface area contributed by atoms with Crippen molar-refractivity contribution in [2.45, 2.75) is 0 Å². The number of hydrogen-bond donors (Lipinski definition) is 0. The zero-order chi connectivity index (χ0) is 17.3. The molecule has 3 rings (SSSR count). The minimum Gasteiger partial charge on any atom is -0.402 e. The number of carbonyl (C=O) groups excluding carboxylic acids is 1. The second-order valence-corrected chi connectivity index (χ2v) is 6.21. The first-order valence-electron chi connectivity index (χ1n) is 7.20. The Bertz CT molecular complexity index is 856.